The summed E-state index contributed by atoms with van der Waals surface area (Å²) in [4.78, 5) is 16.3. The highest BCUT2D eigenvalue weighted by molar-refractivity contribution is 5.83. The minimum atomic E-state index is -0.228. The summed E-state index contributed by atoms with van der Waals surface area (Å²) < 4.78 is 0. The van der Waals surface area contributed by atoms with Crippen LogP contribution in [0.1, 0.15) is 19.4 Å². The summed E-state index contributed by atoms with van der Waals surface area (Å²) in [5, 5.41) is 0. The largest absolute Gasteiger partial charge is 0.343 e. The molecule has 1 aromatic carbocycles. The van der Waals surface area contributed by atoms with E-state index in [0.717, 1.165) is 13.1 Å². The zero-order valence-corrected chi connectivity index (χ0v) is 12.0. The van der Waals surface area contributed by atoms with Crippen molar-refractivity contribution in [3.63, 3.8) is 0 Å². The van der Waals surface area contributed by atoms with Gasteiger partial charge in [0.05, 0.1) is 0 Å². The summed E-state index contributed by atoms with van der Waals surface area (Å²) in [6.07, 6.45) is 0. The first kappa shape index (κ1) is 14.0. The van der Waals surface area contributed by atoms with Gasteiger partial charge in [0, 0.05) is 32.2 Å². The van der Waals surface area contributed by atoms with Crippen molar-refractivity contribution in [2.45, 2.75) is 32.0 Å². The number of nitrogens with zero attached hydrogens (tertiary/aromatic N) is 2. The van der Waals surface area contributed by atoms with Crippen LogP contribution >= 0.6 is 0 Å². The van der Waals surface area contributed by atoms with E-state index < -0.39 is 0 Å². The van der Waals surface area contributed by atoms with Crippen molar-refractivity contribution in [1.29, 1.82) is 0 Å². The molecule has 1 heterocycles. The van der Waals surface area contributed by atoms with Crippen molar-refractivity contribution in [1.82, 2.24) is 9.80 Å². The Hall–Kier alpha value is -1.39. The first-order valence-electron chi connectivity index (χ1n) is 6.71. The third-order valence-corrected chi connectivity index (χ3v) is 3.86. The number of rotatable bonds is 3. The Morgan fingerprint density at radius 2 is 1.95 bits per heavy atom. The minimum Gasteiger partial charge on any atom is -0.343 e. The summed E-state index contributed by atoms with van der Waals surface area (Å²) in [6.45, 7) is 6.19. The molecule has 2 rings (SSSR count). The molecule has 1 aliphatic heterocycles. The maximum atomic E-state index is 12.2. The Labute approximate surface area is 115 Å². The van der Waals surface area contributed by atoms with Gasteiger partial charge in [0.15, 0.2) is 0 Å². The smallest absolute Gasteiger partial charge is 0.241 e. The van der Waals surface area contributed by atoms with Crippen LogP contribution in [0.3, 0.4) is 0 Å². The van der Waals surface area contributed by atoms with Gasteiger partial charge in [-0.15, -0.1) is 0 Å². The van der Waals surface area contributed by atoms with Crippen LogP contribution in [0.5, 0.6) is 0 Å². The maximum absolute atomic E-state index is 12.2. The number of carbonyl (C=O) groups excluding carboxylic acids is 1. The molecule has 19 heavy (non-hydrogen) atoms. The summed E-state index contributed by atoms with van der Waals surface area (Å²) in [5.41, 5.74) is 6.98. The topological polar surface area (TPSA) is 49.6 Å². The third kappa shape index (κ3) is 2.80. The quantitative estimate of drug-likeness (QED) is 0.885. The van der Waals surface area contributed by atoms with Crippen LogP contribution in [0.4, 0.5) is 0 Å². The number of hydrogen-bond donors (Lipinski definition) is 1. The Kier molecular flexibility index (Phi) is 3.92. The van der Waals surface area contributed by atoms with Gasteiger partial charge in [-0.2, -0.15) is 0 Å². The first-order valence-corrected chi connectivity index (χ1v) is 6.71. The van der Waals surface area contributed by atoms with Gasteiger partial charge >= 0.3 is 0 Å². The second kappa shape index (κ2) is 5.31. The van der Waals surface area contributed by atoms with Crippen LogP contribution < -0.4 is 5.73 Å². The third-order valence-electron chi connectivity index (χ3n) is 3.86. The number of carbonyl (C=O) groups is 1. The van der Waals surface area contributed by atoms with E-state index in [9.17, 15) is 4.79 Å². The van der Waals surface area contributed by atoms with E-state index in [2.05, 4.69) is 30.9 Å². The highest BCUT2D eigenvalue weighted by Crippen LogP contribution is 2.27. The molecular formula is C15H23N3O. The van der Waals surface area contributed by atoms with Crippen molar-refractivity contribution >= 4 is 5.91 Å². The molecule has 0 aliphatic carbocycles. The number of piperazine rings is 1. The van der Waals surface area contributed by atoms with Gasteiger partial charge < -0.3 is 10.6 Å². The van der Waals surface area contributed by atoms with E-state index in [1.54, 1.807) is 4.90 Å². The average Bonchev–Trinajstić information content (AvgIpc) is 2.37. The van der Waals surface area contributed by atoms with Crippen molar-refractivity contribution in [3.8, 4) is 0 Å². The fraction of sp³-hybridized carbons (Fsp3) is 0.533. The monoisotopic (exact) mass is 261 g/mol. The number of amides is 1. The number of likely N-dealkylation sites (N-methyl/N-ethyl adjacent to an activating group) is 1. The molecule has 0 saturated carbocycles. The normalized spacial score (nSPS) is 23.7. The molecule has 4 heteroatoms. The molecular weight excluding hydrogens is 238 g/mol. The molecule has 1 unspecified atom stereocenters. The van der Waals surface area contributed by atoms with Crippen molar-refractivity contribution < 1.29 is 4.79 Å². The minimum absolute atomic E-state index is 0.0669. The Morgan fingerprint density at radius 1 is 1.32 bits per heavy atom. The van der Waals surface area contributed by atoms with Gasteiger partial charge in [-0.25, -0.2) is 0 Å². The molecule has 1 amide bonds. The Balaban J connectivity index is 2.26. The second-order valence-corrected chi connectivity index (χ2v) is 5.87. The molecule has 0 radical (unpaired) electrons. The SMILES string of the molecule is CN1CC(C)(C)N(Cc2ccccc2)C(CN)C1=O. The van der Waals surface area contributed by atoms with Crippen molar-refractivity contribution in [3.05, 3.63) is 35.9 Å². The van der Waals surface area contributed by atoms with Crippen LogP contribution in [0.15, 0.2) is 30.3 Å². The zero-order chi connectivity index (χ0) is 14.0. The molecule has 1 fully saturated rings. The summed E-state index contributed by atoms with van der Waals surface area (Å²) in [6, 6.07) is 10.0. The van der Waals surface area contributed by atoms with E-state index in [0.29, 0.717) is 6.54 Å². The lowest BCUT2D eigenvalue weighted by molar-refractivity contribution is -0.148. The molecule has 104 valence electrons. The fourth-order valence-corrected chi connectivity index (χ4v) is 2.89. The van der Waals surface area contributed by atoms with Gasteiger partial charge in [0.1, 0.15) is 6.04 Å². The molecule has 1 aliphatic rings. The van der Waals surface area contributed by atoms with Gasteiger partial charge in [-0.3, -0.25) is 9.69 Å². The summed E-state index contributed by atoms with van der Waals surface area (Å²) in [7, 11) is 1.85. The Bertz CT molecular complexity index is 444. The van der Waals surface area contributed by atoms with Crippen molar-refractivity contribution in [2.75, 3.05) is 20.1 Å². The molecule has 1 atom stereocenters. The second-order valence-electron chi connectivity index (χ2n) is 5.87. The lowest BCUT2D eigenvalue weighted by atomic mass is 9.93. The van der Waals surface area contributed by atoms with Crippen LogP contribution in [-0.4, -0.2) is 47.4 Å². The highest BCUT2D eigenvalue weighted by Gasteiger charge is 2.42. The van der Waals surface area contributed by atoms with Crippen LogP contribution in [0.2, 0.25) is 0 Å². The van der Waals surface area contributed by atoms with E-state index >= 15 is 0 Å². The van der Waals surface area contributed by atoms with Crippen LogP contribution in [-0.2, 0) is 11.3 Å². The molecule has 2 N–H and O–H groups in total. The first-order chi connectivity index (χ1) is 8.95. The predicted molar refractivity (Wildman–Crippen MR) is 76.5 cm³/mol. The highest BCUT2D eigenvalue weighted by atomic mass is 16.2. The molecule has 0 spiro atoms. The maximum Gasteiger partial charge on any atom is 0.241 e. The van der Waals surface area contributed by atoms with Crippen LogP contribution in [0, 0.1) is 0 Å². The molecule has 1 aromatic rings. The predicted octanol–water partition coefficient (Wildman–Crippen LogP) is 1.07. The average molecular weight is 261 g/mol. The number of hydrogen-bond acceptors (Lipinski definition) is 3. The summed E-state index contributed by atoms with van der Waals surface area (Å²) >= 11 is 0. The molecule has 4 nitrogen and oxygen atoms in total. The van der Waals surface area contributed by atoms with E-state index in [-0.39, 0.29) is 17.5 Å². The lowest BCUT2D eigenvalue weighted by Crippen LogP contribution is -2.67. The van der Waals surface area contributed by atoms with Crippen molar-refractivity contribution in [2.24, 2.45) is 5.73 Å². The molecule has 1 saturated heterocycles. The van der Waals surface area contributed by atoms with Gasteiger partial charge in [0.25, 0.3) is 0 Å². The van der Waals surface area contributed by atoms with E-state index in [4.69, 9.17) is 5.73 Å². The molecule has 0 bridgehead atoms. The van der Waals surface area contributed by atoms with E-state index in [1.165, 1.54) is 5.56 Å². The summed E-state index contributed by atoms with van der Waals surface area (Å²) in [5.74, 6) is 0.123. The fourth-order valence-electron chi connectivity index (χ4n) is 2.89. The zero-order valence-electron chi connectivity index (χ0n) is 12.0. The lowest BCUT2D eigenvalue weighted by Gasteiger charge is -2.50. The van der Waals surface area contributed by atoms with Gasteiger partial charge in [-0.1, -0.05) is 30.3 Å². The van der Waals surface area contributed by atoms with Gasteiger partial charge in [-0.05, 0) is 19.4 Å². The standard InChI is InChI=1S/C15H23N3O/c1-15(2)11-17(3)14(19)13(9-16)18(15)10-12-7-5-4-6-8-12/h4-8,13H,9-11,16H2,1-3H3. The number of benzene rings is 1. The van der Waals surface area contributed by atoms with Crippen LogP contribution in [0.25, 0.3) is 0 Å². The van der Waals surface area contributed by atoms with E-state index in [1.807, 2.05) is 25.2 Å². The van der Waals surface area contributed by atoms with Gasteiger partial charge in [0.2, 0.25) is 5.91 Å². The Morgan fingerprint density at radius 3 is 2.53 bits per heavy atom. The molecule has 0 aromatic heterocycles. The number of nitrogens with two attached hydrogens (primary N) is 1.